The minimum Gasteiger partial charge on any atom is -0.486 e. The maximum Gasteiger partial charge on any atom is 0.173 e. The van der Waals surface area contributed by atoms with E-state index in [2.05, 4.69) is 19.9 Å². The van der Waals surface area contributed by atoms with Gasteiger partial charge in [0, 0.05) is 5.92 Å². The first-order valence-electron chi connectivity index (χ1n) is 7.42. The third-order valence-electron chi connectivity index (χ3n) is 3.97. The minimum atomic E-state index is 0.228. The van der Waals surface area contributed by atoms with Crippen molar-refractivity contribution in [2.24, 2.45) is 5.92 Å². The summed E-state index contributed by atoms with van der Waals surface area (Å²) in [5.74, 6) is 1.81. The lowest BCUT2D eigenvalue weighted by Gasteiger charge is -2.20. The van der Waals surface area contributed by atoms with Gasteiger partial charge in [0.15, 0.2) is 5.78 Å². The highest BCUT2D eigenvalue weighted by atomic mass is 16.5. The SMILES string of the molecule is CC(C)c1cccc(OCC(=O)C2CCCCC2)c1. The molecule has 0 N–H and O–H groups in total. The highest BCUT2D eigenvalue weighted by molar-refractivity contribution is 5.82. The average molecular weight is 260 g/mol. The molecule has 2 rings (SSSR count). The Hall–Kier alpha value is -1.31. The molecule has 0 amide bonds. The third-order valence-corrected chi connectivity index (χ3v) is 3.97. The number of carbonyl (C=O) groups excluding carboxylic acids is 1. The number of hydrogen-bond donors (Lipinski definition) is 0. The largest absolute Gasteiger partial charge is 0.486 e. The molecule has 0 aromatic heterocycles. The number of rotatable bonds is 5. The van der Waals surface area contributed by atoms with Crippen LogP contribution in [0.1, 0.15) is 57.4 Å². The molecule has 1 fully saturated rings. The summed E-state index contributed by atoms with van der Waals surface area (Å²) in [4.78, 5) is 12.1. The van der Waals surface area contributed by atoms with E-state index in [-0.39, 0.29) is 18.3 Å². The van der Waals surface area contributed by atoms with Crippen molar-refractivity contribution in [1.82, 2.24) is 0 Å². The number of carbonyl (C=O) groups is 1. The van der Waals surface area contributed by atoms with E-state index in [1.54, 1.807) is 0 Å². The molecule has 2 nitrogen and oxygen atoms in total. The normalized spacial score (nSPS) is 16.6. The van der Waals surface area contributed by atoms with E-state index >= 15 is 0 Å². The van der Waals surface area contributed by atoms with E-state index in [4.69, 9.17) is 4.74 Å². The summed E-state index contributed by atoms with van der Waals surface area (Å²) in [5, 5.41) is 0. The summed E-state index contributed by atoms with van der Waals surface area (Å²) in [5.41, 5.74) is 1.25. The standard InChI is InChI=1S/C17H24O2/c1-13(2)15-9-6-10-16(11-15)19-12-17(18)14-7-4-3-5-8-14/h6,9-11,13-14H,3-5,7-8,12H2,1-2H3. The fraction of sp³-hybridized carbons (Fsp3) is 0.588. The van der Waals surface area contributed by atoms with Crippen molar-refractivity contribution in [3.05, 3.63) is 29.8 Å². The number of Topliss-reactive ketones (excluding diaryl/α,β-unsaturated/α-hetero) is 1. The molecule has 104 valence electrons. The van der Waals surface area contributed by atoms with Crippen LogP contribution in [0.5, 0.6) is 5.75 Å². The van der Waals surface area contributed by atoms with Gasteiger partial charge in [0.25, 0.3) is 0 Å². The van der Waals surface area contributed by atoms with Crippen molar-refractivity contribution >= 4 is 5.78 Å². The second kappa shape index (κ2) is 6.74. The van der Waals surface area contributed by atoms with E-state index in [1.807, 2.05) is 18.2 Å². The molecule has 19 heavy (non-hydrogen) atoms. The van der Waals surface area contributed by atoms with Crippen LogP contribution in [0.3, 0.4) is 0 Å². The molecule has 1 aromatic carbocycles. The molecule has 1 aliphatic rings. The van der Waals surface area contributed by atoms with Crippen molar-refractivity contribution < 1.29 is 9.53 Å². The highest BCUT2D eigenvalue weighted by Gasteiger charge is 2.21. The van der Waals surface area contributed by atoms with Gasteiger partial charge in [-0.25, -0.2) is 0 Å². The smallest absolute Gasteiger partial charge is 0.173 e. The summed E-state index contributed by atoms with van der Waals surface area (Å²) >= 11 is 0. The van der Waals surface area contributed by atoms with Crippen molar-refractivity contribution in [3.63, 3.8) is 0 Å². The fourth-order valence-electron chi connectivity index (χ4n) is 2.66. The van der Waals surface area contributed by atoms with Crippen LogP contribution in [0.25, 0.3) is 0 Å². The molecule has 0 heterocycles. The van der Waals surface area contributed by atoms with Gasteiger partial charge >= 0.3 is 0 Å². The number of ketones is 1. The lowest BCUT2D eigenvalue weighted by Crippen LogP contribution is -2.23. The Labute approximate surface area is 116 Å². The Balaban J connectivity index is 1.87. The summed E-state index contributed by atoms with van der Waals surface area (Å²) < 4.78 is 5.66. The molecule has 0 radical (unpaired) electrons. The summed E-state index contributed by atoms with van der Waals surface area (Å²) in [6.45, 7) is 4.55. The minimum absolute atomic E-state index is 0.228. The van der Waals surface area contributed by atoms with Crippen LogP contribution in [-0.4, -0.2) is 12.4 Å². The molecular weight excluding hydrogens is 236 g/mol. The van der Waals surface area contributed by atoms with Gasteiger partial charge in [-0.1, -0.05) is 45.2 Å². The van der Waals surface area contributed by atoms with Gasteiger partial charge in [-0.3, -0.25) is 4.79 Å². The van der Waals surface area contributed by atoms with Crippen molar-refractivity contribution in [2.75, 3.05) is 6.61 Å². The maximum atomic E-state index is 12.1. The van der Waals surface area contributed by atoms with Crippen LogP contribution in [0, 0.1) is 5.92 Å². The predicted octanol–water partition coefficient (Wildman–Crippen LogP) is 4.34. The molecule has 2 heteroatoms. The second-order valence-corrected chi connectivity index (χ2v) is 5.82. The zero-order valence-electron chi connectivity index (χ0n) is 12.0. The Morgan fingerprint density at radius 1 is 1.26 bits per heavy atom. The molecule has 0 bridgehead atoms. The van der Waals surface area contributed by atoms with Crippen LogP contribution >= 0.6 is 0 Å². The van der Waals surface area contributed by atoms with Gasteiger partial charge in [-0.15, -0.1) is 0 Å². The molecule has 1 saturated carbocycles. The Morgan fingerprint density at radius 2 is 2.00 bits per heavy atom. The third kappa shape index (κ3) is 4.09. The van der Waals surface area contributed by atoms with Crippen LogP contribution < -0.4 is 4.74 Å². The van der Waals surface area contributed by atoms with Gasteiger partial charge in [-0.2, -0.15) is 0 Å². The van der Waals surface area contributed by atoms with Gasteiger partial charge in [0.2, 0.25) is 0 Å². The zero-order valence-corrected chi connectivity index (χ0v) is 12.0. The molecule has 0 spiro atoms. The van der Waals surface area contributed by atoms with Crippen molar-refractivity contribution in [2.45, 2.75) is 51.9 Å². The van der Waals surface area contributed by atoms with Crippen molar-refractivity contribution in [3.8, 4) is 5.75 Å². The van der Waals surface area contributed by atoms with Gasteiger partial charge in [0.1, 0.15) is 12.4 Å². The number of ether oxygens (including phenoxy) is 1. The topological polar surface area (TPSA) is 26.3 Å². The Kier molecular flexibility index (Phi) is 5.00. The molecule has 1 aromatic rings. The molecule has 0 atom stereocenters. The second-order valence-electron chi connectivity index (χ2n) is 5.82. The van der Waals surface area contributed by atoms with E-state index in [1.165, 1.54) is 24.8 Å². The maximum absolute atomic E-state index is 12.1. The first kappa shape index (κ1) is 14.1. The van der Waals surface area contributed by atoms with E-state index in [0.29, 0.717) is 5.92 Å². The summed E-state index contributed by atoms with van der Waals surface area (Å²) in [7, 11) is 0. The lowest BCUT2D eigenvalue weighted by molar-refractivity contribution is -0.125. The van der Waals surface area contributed by atoms with Gasteiger partial charge in [0.05, 0.1) is 0 Å². The zero-order chi connectivity index (χ0) is 13.7. The fourth-order valence-corrected chi connectivity index (χ4v) is 2.66. The van der Waals surface area contributed by atoms with E-state index in [9.17, 15) is 4.79 Å². The van der Waals surface area contributed by atoms with Crippen LogP contribution in [0.15, 0.2) is 24.3 Å². The molecule has 0 aliphatic heterocycles. The summed E-state index contributed by atoms with van der Waals surface area (Å²) in [6.07, 6.45) is 5.77. The molecular formula is C17H24O2. The first-order valence-corrected chi connectivity index (χ1v) is 7.42. The average Bonchev–Trinajstić information content (AvgIpc) is 2.46. The lowest BCUT2D eigenvalue weighted by atomic mass is 9.86. The number of benzene rings is 1. The summed E-state index contributed by atoms with van der Waals surface area (Å²) in [6, 6.07) is 8.06. The van der Waals surface area contributed by atoms with Crippen molar-refractivity contribution in [1.29, 1.82) is 0 Å². The molecule has 1 aliphatic carbocycles. The van der Waals surface area contributed by atoms with E-state index in [0.717, 1.165) is 18.6 Å². The monoisotopic (exact) mass is 260 g/mol. The molecule has 0 saturated heterocycles. The van der Waals surface area contributed by atoms with E-state index < -0.39 is 0 Å². The first-order chi connectivity index (χ1) is 9.16. The van der Waals surface area contributed by atoms with Crippen LogP contribution in [-0.2, 0) is 4.79 Å². The highest BCUT2D eigenvalue weighted by Crippen LogP contribution is 2.25. The quantitative estimate of drug-likeness (QED) is 0.787. The molecule has 0 unspecified atom stereocenters. The Morgan fingerprint density at radius 3 is 2.68 bits per heavy atom. The van der Waals surface area contributed by atoms with Gasteiger partial charge in [-0.05, 0) is 36.5 Å². The number of hydrogen-bond acceptors (Lipinski definition) is 2. The Bertz CT molecular complexity index is 417. The van der Waals surface area contributed by atoms with Crippen LogP contribution in [0.2, 0.25) is 0 Å². The van der Waals surface area contributed by atoms with Crippen LogP contribution in [0.4, 0.5) is 0 Å². The predicted molar refractivity (Wildman–Crippen MR) is 77.6 cm³/mol. The van der Waals surface area contributed by atoms with Gasteiger partial charge < -0.3 is 4.74 Å².